The highest BCUT2D eigenvalue weighted by Crippen LogP contribution is 2.25. The number of nitrogens with two attached hydrogens (primary N) is 1. The van der Waals surface area contributed by atoms with E-state index in [1.165, 1.54) is 6.92 Å². The molecule has 2 aromatic rings. The van der Waals surface area contributed by atoms with Crippen LogP contribution in [0.25, 0.3) is 0 Å². The lowest BCUT2D eigenvalue weighted by Crippen LogP contribution is -2.16. The molecule has 0 fully saturated rings. The fraction of sp³-hybridized carbons (Fsp3) is 0.200. The molecule has 0 aliphatic carbocycles. The lowest BCUT2D eigenvalue weighted by Gasteiger charge is -2.14. The number of aryl methyl sites for hydroxylation is 2. The summed E-state index contributed by atoms with van der Waals surface area (Å²) in [5.74, 6) is -0.625. The van der Waals surface area contributed by atoms with Gasteiger partial charge in [0.1, 0.15) is 5.82 Å². The number of nitrogen functional groups attached to an aromatic ring is 1. The number of hydrogen-bond donors (Lipinski definition) is 2. The number of rotatable bonds is 4. The fourth-order valence-electron chi connectivity index (χ4n) is 2.09. The Kier molecular flexibility index (Phi) is 4.18. The Morgan fingerprint density at radius 1 is 1.24 bits per heavy atom. The molecule has 2 rings (SSSR count). The maximum absolute atomic E-state index is 13.4. The molecular weight excluding hydrogens is 291 g/mol. The molecule has 0 saturated carbocycles. The second-order valence-electron chi connectivity index (χ2n) is 4.76. The number of benzene rings is 2. The number of para-hydroxylation sites is 1. The minimum absolute atomic E-state index is 0.0210. The van der Waals surface area contributed by atoms with E-state index < -0.39 is 15.8 Å². The Bertz CT molecular complexity index is 773. The third kappa shape index (κ3) is 3.16. The monoisotopic (exact) mass is 308 g/mol. The molecule has 6 heteroatoms. The van der Waals surface area contributed by atoms with E-state index in [2.05, 4.69) is 4.72 Å². The predicted octanol–water partition coefficient (Wildman–Crippen LogP) is 3.08. The summed E-state index contributed by atoms with van der Waals surface area (Å²) >= 11 is 0. The maximum atomic E-state index is 13.4. The normalized spacial score (nSPS) is 11.4. The summed E-state index contributed by atoms with van der Waals surface area (Å²) < 4.78 is 40.8. The van der Waals surface area contributed by atoms with Crippen molar-refractivity contribution in [1.29, 1.82) is 0 Å². The summed E-state index contributed by atoms with van der Waals surface area (Å²) in [4.78, 5) is -0.0210. The quantitative estimate of drug-likeness (QED) is 0.853. The summed E-state index contributed by atoms with van der Waals surface area (Å²) in [5.41, 5.74) is 6.99. The van der Waals surface area contributed by atoms with Crippen LogP contribution in [0.5, 0.6) is 0 Å². The molecule has 0 spiro atoms. The van der Waals surface area contributed by atoms with Crippen molar-refractivity contribution >= 4 is 21.4 Å². The van der Waals surface area contributed by atoms with E-state index in [1.807, 2.05) is 19.1 Å². The van der Waals surface area contributed by atoms with Gasteiger partial charge in [0.05, 0.1) is 16.3 Å². The van der Waals surface area contributed by atoms with Crippen LogP contribution in [-0.2, 0) is 16.4 Å². The minimum Gasteiger partial charge on any atom is -0.396 e. The van der Waals surface area contributed by atoms with Crippen molar-refractivity contribution in [3.63, 3.8) is 0 Å². The summed E-state index contributed by atoms with van der Waals surface area (Å²) in [5, 5.41) is 0. The molecule has 0 saturated heterocycles. The largest absolute Gasteiger partial charge is 0.396 e. The van der Waals surface area contributed by atoms with Crippen LogP contribution in [0.1, 0.15) is 18.1 Å². The predicted molar refractivity (Wildman–Crippen MR) is 82.2 cm³/mol. The summed E-state index contributed by atoms with van der Waals surface area (Å²) in [6.45, 7) is 3.47. The van der Waals surface area contributed by atoms with Crippen molar-refractivity contribution in [2.75, 3.05) is 10.5 Å². The van der Waals surface area contributed by atoms with Crippen LogP contribution in [0.4, 0.5) is 15.8 Å². The number of halogens is 1. The molecule has 0 aliphatic heterocycles. The highest BCUT2D eigenvalue weighted by atomic mass is 32.2. The van der Waals surface area contributed by atoms with E-state index in [9.17, 15) is 12.8 Å². The summed E-state index contributed by atoms with van der Waals surface area (Å²) in [6.07, 6.45) is 0.698. The zero-order chi connectivity index (χ0) is 15.6. The van der Waals surface area contributed by atoms with Crippen molar-refractivity contribution in [2.45, 2.75) is 25.2 Å². The Morgan fingerprint density at radius 2 is 1.90 bits per heavy atom. The Balaban J connectivity index is 2.46. The average molecular weight is 308 g/mol. The first-order valence-electron chi connectivity index (χ1n) is 6.51. The molecule has 112 valence electrons. The van der Waals surface area contributed by atoms with Crippen molar-refractivity contribution < 1.29 is 12.8 Å². The summed E-state index contributed by atoms with van der Waals surface area (Å²) in [6, 6.07) is 9.40. The first-order chi connectivity index (χ1) is 9.85. The van der Waals surface area contributed by atoms with Gasteiger partial charge in [-0.05, 0) is 42.7 Å². The van der Waals surface area contributed by atoms with Gasteiger partial charge in [-0.1, -0.05) is 25.1 Å². The smallest absolute Gasteiger partial charge is 0.262 e. The van der Waals surface area contributed by atoms with Gasteiger partial charge in [0.15, 0.2) is 0 Å². The van der Waals surface area contributed by atoms with Crippen LogP contribution in [0.2, 0.25) is 0 Å². The Morgan fingerprint density at radius 3 is 2.57 bits per heavy atom. The fourth-order valence-corrected chi connectivity index (χ4v) is 3.45. The van der Waals surface area contributed by atoms with Gasteiger partial charge in [-0.15, -0.1) is 0 Å². The third-order valence-electron chi connectivity index (χ3n) is 3.23. The molecule has 4 nitrogen and oxygen atoms in total. The zero-order valence-corrected chi connectivity index (χ0v) is 12.7. The van der Waals surface area contributed by atoms with Crippen LogP contribution in [0, 0.1) is 12.7 Å². The van der Waals surface area contributed by atoms with Crippen LogP contribution >= 0.6 is 0 Å². The van der Waals surface area contributed by atoms with Gasteiger partial charge in [-0.25, -0.2) is 12.8 Å². The van der Waals surface area contributed by atoms with Gasteiger partial charge in [-0.3, -0.25) is 4.72 Å². The molecule has 2 aromatic carbocycles. The van der Waals surface area contributed by atoms with Crippen LogP contribution in [-0.4, -0.2) is 8.42 Å². The van der Waals surface area contributed by atoms with Crippen LogP contribution in [0.15, 0.2) is 41.3 Å². The van der Waals surface area contributed by atoms with Gasteiger partial charge >= 0.3 is 0 Å². The van der Waals surface area contributed by atoms with Gasteiger partial charge in [0.2, 0.25) is 0 Å². The molecule has 0 aliphatic rings. The van der Waals surface area contributed by atoms with Crippen molar-refractivity contribution in [3.8, 4) is 0 Å². The molecule has 0 amide bonds. The van der Waals surface area contributed by atoms with E-state index in [4.69, 9.17) is 5.73 Å². The highest BCUT2D eigenvalue weighted by molar-refractivity contribution is 7.92. The molecule has 0 atom stereocenters. The Hall–Kier alpha value is -2.08. The van der Waals surface area contributed by atoms with Crippen molar-refractivity contribution in [2.24, 2.45) is 0 Å². The van der Waals surface area contributed by atoms with Gasteiger partial charge < -0.3 is 5.73 Å². The average Bonchev–Trinajstić information content (AvgIpc) is 2.43. The lowest BCUT2D eigenvalue weighted by atomic mass is 10.1. The molecule has 0 heterocycles. The van der Waals surface area contributed by atoms with Gasteiger partial charge in [-0.2, -0.15) is 0 Å². The first kappa shape index (κ1) is 15.3. The van der Waals surface area contributed by atoms with Crippen LogP contribution < -0.4 is 10.5 Å². The molecule has 3 N–H and O–H groups in total. The molecule has 0 bridgehead atoms. The van der Waals surface area contributed by atoms with E-state index in [0.29, 0.717) is 17.7 Å². The molecule has 0 radical (unpaired) electrons. The second-order valence-corrected chi connectivity index (χ2v) is 6.41. The third-order valence-corrected chi connectivity index (χ3v) is 4.73. The second kappa shape index (κ2) is 5.73. The van der Waals surface area contributed by atoms with E-state index >= 15 is 0 Å². The summed E-state index contributed by atoms with van der Waals surface area (Å²) in [7, 11) is -3.81. The lowest BCUT2D eigenvalue weighted by molar-refractivity contribution is 0.599. The minimum atomic E-state index is -3.81. The van der Waals surface area contributed by atoms with Crippen molar-refractivity contribution in [1.82, 2.24) is 0 Å². The first-order valence-corrected chi connectivity index (χ1v) is 8.00. The Labute approximate surface area is 123 Å². The standard InChI is InChI=1S/C15H17FN2O2S/c1-3-11-6-4-5-7-14(11)18-21(19,20)15-9-13(17)12(16)8-10(15)2/h4-9,18H,3,17H2,1-2H3. The SMILES string of the molecule is CCc1ccccc1NS(=O)(=O)c1cc(N)c(F)cc1C. The highest BCUT2D eigenvalue weighted by Gasteiger charge is 2.19. The number of anilines is 2. The van der Waals surface area contributed by atoms with Gasteiger partial charge in [0, 0.05) is 0 Å². The molecular formula is C15H17FN2O2S. The van der Waals surface area contributed by atoms with E-state index in [0.717, 1.165) is 17.7 Å². The van der Waals surface area contributed by atoms with Crippen molar-refractivity contribution in [3.05, 3.63) is 53.3 Å². The number of sulfonamides is 1. The maximum Gasteiger partial charge on any atom is 0.262 e. The number of hydrogen-bond acceptors (Lipinski definition) is 3. The number of nitrogens with one attached hydrogen (secondary N) is 1. The van der Waals surface area contributed by atoms with Crippen LogP contribution in [0.3, 0.4) is 0 Å². The van der Waals surface area contributed by atoms with E-state index in [-0.39, 0.29) is 10.6 Å². The molecule has 0 unspecified atom stereocenters. The topological polar surface area (TPSA) is 72.2 Å². The van der Waals surface area contributed by atoms with E-state index in [1.54, 1.807) is 12.1 Å². The zero-order valence-electron chi connectivity index (χ0n) is 11.9. The molecule has 21 heavy (non-hydrogen) atoms. The van der Waals surface area contributed by atoms with Gasteiger partial charge in [0.25, 0.3) is 10.0 Å². The molecule has 0 aromatic heterocycles.